The lowest BCUT2D eigenvalue weighted by atomic mass is 9.77. The van der Waals surface area contributed by atoms with Crippen molar-refractivity contribution >= 4 is 0 Å². The Hall–Kier alpha value is -0.120. The molecule has 0 aromatic heterocycles. The number of aliphatic hydroxyl groups is 1. The van der Waals surface area contributed by atoms with Gasteiger partial charge in [-0.1, -0.05) is 19.8 Å². The van der Waals surface area contributed by atoms with Gasteiger partial charge in [-0.15, -0.1) is 0 Å². The number of nitrogens with zero attached hydrogens (tertiary/aromatic N) is 1. The number of aliphatic hydroxyl groups excluding tert-OH is 1. The molecule has 2 N–H and O–H groups in total. The molecule has 0 spiro atoms. The van der Waals surface area contributed by atoms with Gasteiger partial charge in [0.05, 0.1) is 6.61 Å². The molecule has 2 fully saturated rings. The summed E-state index contributed by atoms with van der Waals surface area (Å²) in [5.74, 6) is 0.759. The monoisotopic (exact) mass is 240 g/mol. The van der Waals surface area contributed by atoms with E-state index in [0.29, 0.717) is 6.61 Å². The van der Waals surface area contributed by atoms with Gasteiger partial charge < -0.3 is 15.3 Å². The smallest absolute Gasteiger partial charge is 0.0613 e. The van der Waals surface area contributed by atoms with E-state index in [1.807, 2.05) is 0 Å². The van der Waals surface area contributed by atoms with E-state index < -0.39 is 0 Å². The summed E-state index contributed by atoms with van der Waals surface area (Å²) in [7, 11) is 0. The van der Waals surface area contributed by atoms with Crippen LogP contribution in [-0.2, 0) is 0 Å². The predicted molar refractivity (Wildman–Crippen MR) is 71.1 cm³/mol. The first-order chi connectivity index (χ1) is 8.24. The minimum Gasteiger partial charge on any atom is -0.394 e. The van der Waals surface area contributed by atoms with Crippen LogP contribution in [0, 0.1) is 5.92 Å². The first-order valence-corrected chi connectivity index (χ1v) is 7.32. The van der Waals surface area contributed by atoms with Crippen molar-refractivity contribution in [3.05, 3.63) is 0 Å². The predicted octanol–water partition coefficient (Wildman–Crippen LogP) is 1.61. The van der Waals surface area contributed by atoms with Gasteiger partial charge in [-0.2, -0.15) is 0 Å². The van der Waals surface area contributed by atoms with Crippen molar-refractivity contribution in [1.82, 2.24) is 10.2 Å². The zero-order valence-electron chi connectivity index (χ0n) is 11.2. The maximum atomic E-state index is 9.68. The van der Waals surface area contributed by atoms with E-state index in [1.165, 1.54) is 38.8 Å². The van der Waals surface area contributed by atoms with E-state index in [9.17, 15) is 5.11 Å². The van der Waals surface area contributed by atoms with Crippen LogP contribution in [0.5, 0.6) is 0 Å². The lowest BCUT2D eigenvalue weighted by Crippen LogP contribution is -2.53. The summed E-state index contributed by atoms with van der Waals surface area (Å²) in [6, 6.07) is 0. The van der Waals surface area contributed by atoms with E-state index in [-0.39, 0.29) is 5.54 Å². The first kappa shape index (κ1) is 13.3. The van der Waals surface area contributed by atoms with E-state index in [1.54, 1.807) is 0 Å². The molecule has 3 heteroatoms. The molecule has 2 rings (SSSR count). The molecule has 0 radical (unpaired) electrons. The van der Waals surface area contributed by atoms with Crippen molar-refractivity contribution in [1.29, 1.82) is 0 Å². The second kappa shape index (κ2) is 6.17. The van der Waals surface area contributed by atoms with Crippen molar-refractivity contribution in [2.75, 3.05) is 32.8 Å². The lowest BCUT2D eigenvalue weighted by molar-refractivity contribution is 0.0973. The van der Waals surface area contributed by atoms with Gasteiger partial charge in [0.2, 0.25) is 0 Å². The van der Waals surface area contributed by atoms with Gasteiger partial charge in [0.1, 0.15) is 0 Å². The Morgan fingerprint density at radius 3 is 2.71 bits per heavy atom. The van der Waals surface area contributed by atoms with E-state index in [4.69, 9.17) is 0 Å². The summed E-state index contributed by atoms with van der Waals surface area (Å²) >= 11 is 0. The first-order valence-electron chi connectivity index (χ1n) is 7.32. The van der Waals surface area contributed by atoms with Crippen molar-refractivity contribution in [3.8, 4) is 0 Å². The molecule has 0 aromatic rings. The maximum Gasteiger partial charge on any atom is 0.0613 e. The molecule has 1 saturated heterocycles. The van der Waals surface area contributed by atoms with Gasteiger partial charge in [0.25, 0.3) is 0 Å². The van der Waals surface area contributed by atoms with Gasteiger partial charge in [-0.3, -0.25) is 0 Å². The Balaban J connectivity index is 1.74. The molecule has 0 amide bonds. The summed E-state index contributed by atoms with van der Waals surface area (Å²) in [4.78, 5) is 2.53. The SMILES string of the molecule is CC1CCCC(CO)(NCCN2CCCC2)C1. The molecule has 0 aromatic carbocycles. The quantitative estimate of drug-likeness (QED) is 0.766. The Morgan fingerprint density at radius 2 is 2.06 bits per heavy atom. The summed E-state index contributed by atoms with van der Waals surface area (Å²) in [5, 5.41) is 13.3. The summed E-state index contributed by atoms with van der Waals surface area (Å²) in [5.41, 5.74) is 0.0252. The van der Waals surface area contributed by atoms with Crippen molar-refractivity contribution < 1.29 is 5.11 Å². The Labute approximate surface area is 106 Å². The molecule has 2 unspecified atom stereocenters. The molecule has 1 aliphatic carbocycles. The van der Waals surface area contributed by atoms with Crippen LogP contribution in [0.25, 0.3) is 0 Å². The summed E-state index contributed by atoms with van der Waals surface area (Å²) in [6.07, 6.45) is 7.61. The normalized spacial score (nSPS) is 35.3. The lowest BCUT2D eigenvalue weighted by Gasteiger charge is -2.40. The molecule has 2 aliphatic rings. The average Bonchev–Trinajstić information content (AvgIpc) is 2.82. The number of rotatable bonds is 5. The standard InChI is InChI=1S/C14H28N2O/c1-13-5-4-6-14(11-13,12-17)15-7-10-16-8-2-3-9-16/h13,15,17H,2-12H2,1H3. The number of hydrogen-bond acceptors (Lipinski definition) is 3. The third kappa shape index (κ3) is 3.67. The summed E-state index contributed by atoms with van der Waals surface area (Å²) in [6.45, 7) is 7.33. The highest BCUT2D eigenvalue weighted by molar-refractivity contribution is 4.92. The van der Waals surface area contributed by atoms with Crippen LogP contribution in [0.4, 0.5) is 0 Å². The van der Waals surface area contributed by atoms with Crippen molar-refractivity contribution in [3.63, 3.8) is 0 Å². The molecular formula is C14H28N2O. The molecule has 100 valence electrons. The highest BCUT2D eigenvalue weighted by Crippen LogP contribution is 2.31. The number of nitrogens with one attached hydrogen (secondary N) is 1. The van der Waals surface area contributed by atoms with Gasteiger partial charge in [0.15, 0.2) is 0 Å². The second-order valence-corrected chi connectivity index (χ2v) is 6.12. The van der Waals surface area contributed by atoms with Crippen LogP contribution < -0.4 is 5.32 Å². The topological polar surface area (TPSA) is 35.5 Å². The molecule has 17 heavy (non-hydrogen) atoms. The molecule has 3 nitrogen and oxygen atoms in total. The largest absolute Gasteiger partial charge is 0.394 e. The van der Waals surface area contributed by atoms with Gasteiger partial charge >= 0.3 is 0 Å². The Morgan fingerprint density at radius 1 is 1.29 bits per heavy atom. The zero-order chi connectivity index (χ0) is 12.1. The fourth-order valence-electron chi connectivity index (χ4n) is 3.51. The highest BCUT2D eigenvalue weighted by atomic mass is 16.3. The Kier molecular flexibility index (Phi) is 4.83. The third-order valence-corrected chi connectivity index (χ3v) is 4.52. The van der Waals surface area contributed by atoms with Gasteiger partial charge in [-0.05, 0) is 44.7 Å². The van der Waals surface area contributed by atoms with Crippen molar-refractivity contribution in [2.45, 2.75) is 51.0 Å². The van der Waals surface area contributed by atoms with Crippen LogP contribution in [-0.4, -0.2) is 48.3 Å². The van der Waals surface area contributed by atoms with E-state index in [2.05, 4.69) is 17.1 Å². The molecule has 2 atom stereocenters. The molecule has 0 bridgehead atoms. The fourth-order valence-corrected chi connectivity index (χ4v) is 3.51. The highest BCUT2D eigenvalue weighted by Gasteiger charge is 2.33. The third-order valence-electron chi connectivity index (χ3n) is 4.52. The average molecular weight is 240 g/mol. The molecule has 1 heterocycles. The second-order valence-electron chi connectivity index (χ2n) is 6.12. The number of likely N-dealkylation sites (tertiary alicyclic amines) is 1. The Bertz CT molecular complexity index is 228. The van der Waals surface area contributed by atoms with E-state index >= 15 is 0 Å². The number of hydrogen-bond donors (Lipinski definition) is 2. The van der Waals surface area contributed by atoms with Crippen LogP contribution >= 0.6 is 0 Å². The van der Waals surface area contributed by atoms with Crippen LogP contribution in [0.15, 0.2) is 0 Å². The van der Waals surface area contributed by atoms with E-state index in [0.717, 1.165) is 31.8 Å². The molecule has 1 saturated carbocycles. The van der Waals surface area contributed by atoms with Crippen molar-refractivity contribution in [2.24, 2.45) is 5.92 Å². The van der Waals surface area contributed by atoms with Crippen LogP contribution in [0.2, 0.25) is 0 Å². The summed E-state index contributed by atoms with van der Waals surface area (Å²) < 4.78 is 0. The molecule has 1 aliphatic heterocycles. The maximum absolute atomic E-state index is 9.68. The minimum atomic E-state index is 0.0252. The zero-order valence-corrected chi connectivity index (χ0v) is 11.2. The fraction of sp³-hybridized carbons (Fsp3) is 1.00. The van der Waals surface area contributed by atoms with Crippen LogP contribution in [0.1, 0.15) is 45.4 Å². The van der Waals surface area contributed by atoms with Crippen LogP contribution in [0.3, 0.4) is 0 Å². The van der Waals surface area contributed by atoms with Gasteiger partial charge in [-0.25, -0.2) is 0 Å². The minimum absolute atomic E-state index is 0.0252. The molecular weight excluding hydrogens is 212 g/mol. The van der Waals surface area contributed by atoms with Gasteiger partial charge in [0, 0.05) is 18.6 Å².